The molecule has 1 aliphatic heterocycles. The molecule has 0 aliphatic carbocycles. The van der Waals surface area contributed by atoms with Gasteiger partial charge in [0.15, 0.2) is 0 Å². The zero-order valence-corrected chi connectivity index (χ0v) is 16.0. The molecule has 0 unspecified atom stereocenters. The summed E-state index contributed by atoms with van der Waals surface area (Å²) in [6, 6.07) is 15.1. The van der Waals surface area contributed by atoms with Crippen LogP contribution in [0, 0.1) is 6.92 Å². The van der Waals surface area contributed by atoms with Crippen molar-refractivity contribution < 1.29 is 9.53 Å². The van der Waals surface area contributed by atoms with E-state index >= 15 is 0 Å². The summed E-state index contributed by atoms with van der Waals surface area (Å²) in [5.41, 5.74) is 2.55. The van der Waals surface area contributed by atoms with Crippen LogP contribution in [0.1, 0.15) is 16.1 Å². The highest BCUT2D eigenvalue weighted by molar-refractivity contribution is 7.13. The number of ether oxygens (including phenoxy) is 1. The fourth-order valence-electron chi connectivity index (χ4n) is 3.08. The molecule has 5 nitrogen and oxygen atoms in total. The lowest BCUT2D eigenvalue weighted by atomic mass is 10.1. The summed E-state index contributed by atoms with van der Waals surface area (Å²) in [6.07, 6.45) is -0.0779. The number of aryl methyl sites for hydroxylation is 1. The van der Waals surface area contributed by atoms with Gasteiger partial charge in [0.1, 0.15) is 11.9 Å². The molecular weight excluding hydrogens is 360 g/mol. The van der Waals surface area contributed by atoms with Crippen LogP contribution in [0.25, 0.3) is 10.4 Å². The van der Waals surface area contributed by atoms with Crippen LogP contribution < -0.4 is 10.3 Å². The Morgan fingerprint density at radius 3 is 2.52 bits per heavy atom. The van der Waals surface area contributed by atoms with Gasteiger partial charge in [0.05, 0.1) is 13.1 Å². The number of likely N-dealkylation sites (tertiary alicyclic amines) is 1. The molecule has 2 aromatic heterocycles. The number of rotatable bonds is 4. The molecule has 1 aliphatic rings. The molecule has 0 spiro atoms. The lowest BCUT2D eigenvalue weighted by Gasteiger charge is -2.39. The fraction of sp³-hybridized carbons (Fsp3) is 0.238. The first kappa shape index (κ1) is 17.5. The predicted molar refractivity (Wildman–Crippen MR) is 106 cm³/mol. The summed E-state index contributed by atoms with van der Waals surface area (Å²) >= 11 is 1.68. The van der Waals surface area contributed by atoms with E-state index in [-0.39, 0.29) is 17.6 Å². The average molecular weight is 380 g/mol. The standard InChI is InChI=1S/C21H20N2O3S/c1-14-10-17(11-20(24)22(14)2)26-18-12-23(13-18)21(25)16-7-5-15(6-8-16)19-4-3-9-27-19/h3-11,18H,12-13H2,1-2H3. The molecule has 6 heteroatoms. The van der Waals surface area contributed by atoms with Gasteiger partial charge in [-0.1, -0.05) is 18.2 Å². The zero-order chi connectivity index (χ0) is 19.0. The van der Waals surface area contributed by atoms with Crippen LogP contribution in [0.3, 0.4) is 0 Å². The van der Waals surface area contributed by atoms with Crippen molar-refractivity contribution in [3.63, 3.8) is 0 Å². The number of pyridine rings is 1. The van der Waals surface area contributed by atoms with Crippen LogP contribution in [0.2, 0.25) is 0 Å². The number of carbonyl (C=O) groups excluding carboxylic acids is 1. The van der Waals surface area contributed by atoms with Gasteiger partial charge in [-0.25, -0.2) is 0 Å². The second kappa shape index (κ2) is 7.04. The van der Waals surface area contributed by atoms with E-state index in [1.54, 1.807) is 27.9 Å². The fourth-order valence-corrected chi connectivity index (χ4v) is 3.81. The summed E-state index contributed by atoms with van der Waals surface area (Å²) in [4.78, 5) is 27.4. The highest BCUT2D eigenvalue weighted by Gasteiger charge is 2.33. The van der Waals surface area contributed by atoms with Crippen molar-refractivity contribution in [1.29, 1.82) is 0 Å². The van der Waals surface area contributed by atoms with Gasteiger partial charge in [0.25, 0.3) is 11.5 Å². The first-order valence-corrected chi connectivity index (χ1v) is 9.67. The minimum atomic E-state index is -0.0944. The monoisotopic (exact) mass is 380 g/mol. The Bertz CT molecular complexity index is 1020. The Morgan fingerprint density at radius 2 is 1.89 bits per heavy atom. The van der Waals surface area contributed by atoms with Crippen LogP contribution >= 0.6 is 11.3 Å². The van der Waals surface area contributed by atoms with E-state index in [1.807, 2.05) is 48.7 Å². The van der Waals surface area contributed by atoms with Crippen molar-refractivity contribution in [3.8, 4) is 16.2 Å². The van der Waals surface area contributed by atoms with Crippen LogP contribution in [-0.2, 0) is 7.05 Å². The van der Waals surface area contributed by atoms with Crippen molar-refractivity contribution in [1.82, 2.24) is 9.47 Å². The highest BCUT2D eigenvalue weighted by Crippen LogP contribution is 2.26. The quantitative estimate of drug-likeness (QED) is 0.698. The Morgan fingerprint density at radius 1 is 1.15 bits per heavy atom. The molecule has 1 aromatic carbocycles. The third kappa shape index (κ3) is 3.53. The minimum Gasteiger partial charge on any atom is -0.486 e. The van der Waals surface area contributed by atoms with Gasteiger partial charge in [0, 0.05) is 29.2 Å². The van der Waals surface area contributed by atoms with E-state index in [0.29, 0.717) is 24.4 Å². The molecule has 0 bridgehead atoms. The lowest BCUT2D eigenvalue weighted by molar-refractivity contribution is 0.0176. The number of benzene rings is 1. The van der Waals surface area contributed by atoms with E-state index in [9.17, 15) is 9.59 Å². The Balaban J connectivity index is 1.36. The van der Waals surface area contributed by atoms with E-state index in [2.05, 4.69) is 6.07 Å². The number of amides is 1. The summed E-state index contributed by atoms with van der Waals surface area (Å²) in [6.45, 7) is 2.92. The molecule has 4 rings (SSSR count). The maximum absolute atomic E-state index is 12.6. The largest absolute Gasteiger partial charge is 0.486 e. The maximum atomic E-state index is 12.6. The molecule has 0 saturated carbocycles. The molecule has 1 amide bonds. The first-order valence-electron chi connectivity index (χ1n) is 8.79. The number of nitrogens with zero attached hydrogens (tertiary/aromatic N) is 2. The molecule has 0 atom stereocenters. The molecule has 0 radical (unpaired) electrons. The van der Waals surface area contributed by atoms with E-state index in [0.717, 1.165) is 11.3 Å². The Labute approximate surface area is 161 Å². The van der Waals surface area contributed by atoms with E-state index in [4.69, 9.17) is 4.74 Å². The third-order valence-electron chi connectivity index (χ3n) is 4.85. The van der Waals surface area contributed by atoms with Crippen molar-refractivity contribution in [2.75, 3.05) is 13.1 Å². The molecule has 1 saturated heterocycles. The normalized spacial score (nSPS) is 14.1. The number of aromatic nitrogens is 1. The highest BCUT2D eigenvalue weighted by atomic mass is 32.1. The average Bonchev–Trinajstić information content (AvgIpc) is 3.16. The lowest BCUT2D eigenvalue weighted by Crippen LogP contribution is -2.56. The molecule has 0 N–H and O–H groups in total. The second-order valence-corrected chi connectivity index (χ2v) is 7.68. The Hall–Kier alpha value is -2.86. The SMILES string of the molecule is Cc1cc(OC2CN(C(=O)c3ccc(-c4cccs4)cc3)C2)cc(=O)n1C. The summed E-state index contributed by atoms with van der Waals surface area (Å²) in [5, 5.41) is 2.04. The molecule has 3 heterocycles. The minimum absolute atomic E-state index is 0.00716. The van der Waals surface area contributed by atoms with Gasteiger partial charge < -0.3 is 14.2 Å². The van der Waals surface area contributed by atoms with Gasteiger partial charge >= 0.3 is 0 Å². The van der Waals surface area contributed by atoms with E-state index in [1.165, 1.54) is 10.9 Å². The van der Waals surface area contributed by atoms with Crippen LogP contribution in [0.4, 0.5) is 0 Å². The number of hydrogen-bond acceptors (Lipinski definition) is 4. The van der Waals surface area contributed by atoms with Crippen LogP contribution in [-0.4, -0.2) is 34.6 Å². The van der Waals surface area contributed by atoms with Crippen LogP contribution in [0.5, 0.6) is 5.75 Å². The molecule has 1 fully saturated rings. The number of thiophene rings is 1. The van der Waals surface area contributed by atoms with Gasteiger partial charge in [0.2, 0.25) is 0 Å². The van der Waals surface area contributed by atoms with Crippen molar-refractivity contribution in [2.24, 2.45) is 7.05 Å². The van der Waals surface area contributed by atoms with Gasteiger partial charge in [-0.05, 0) is 42.1 Å². The van der Waals surface area contributed by atoms with Gasteiger partial charge in [-0.3, -0.25) is 9.59 Å². The zero-order valence-electron chi connectivity index (χ0n) is 15.2. The first-order chi connectivity index (χ1) is 13.0. The molecule has 27 heavy (non-hydrogen) atoms. The number of carbonyl (C=O) groups is 1. The van der Waals surface area contributed by atoms with Crippen molar-refractivity contribution in [3.05, 3.63) is 75.5 Å². The summed E-state index contributed by atoms with van der Waals surface area (Å²) in [7, 11) is 1.73. The van der Waals surface area contributed by atoms with Crippen molar-refractivity contribution >= 4 is 17.2 Å². The molecule has 138 valence electrons. The third-order valence-corrected chi connectivity index (χ3v) is 5.77. The topological polar surface area (TPSA) is 51.5 Å². The summed E-state index contributed by atoms with van der Waals surface area (Å²) in [5.74, 6) is 0.570. The molecular formula is C21H20N2O3S. The second-order valence-electron chi connectivity index (χ2n) is 6.73. The predicted octanol–water partition coefficient (Wildman–Crippen LogP) is 3.33. The number of hydrogen-bond donors (Lipinski definition) is 0. The van der Waals surface area contributed by atoms with E-state index < -0.39 is 0 Å². The Kier molecular flexibility index (Phi) is 4.58. The molecule has 3 aromatic rings. The van der Waals surface area contributed by atoms with Crippen LogP contribution in [0.15, 0.2) is 58.7 Å². The van der Waals surface area contributed by atoms with Gasteiger partial charge in [-0.15, -0.1) is 11.3 Å². The summed E-state index contributed by atoms with van der Waals surface area (Å²) < 4.78 is 7.42. The van der Waals surface area contributed by atoms with Gasteiger partial charge in [-0.2, -0.15) is 0 Å². The smallest absolute Gasteiger partial charge is 0.254 e. The maximum Gasteiger partial charge on any atom is 0.254 e. The van der Waals surface area contributed by atoms with Crippen molar-refractivity contribution in [2.45, 2.75) is 13.0 Å².